The van der Waals surface area contributed by atoms with Crippen molar-refractivity contribution in [1.29, 1.82) is 0 Å². The molecule has 0 radical (unpaired) electrons. The van der Waals surface area contributed by atoms with Crippen LogP contribution < -0.4 is 4.74 Å². The normalized spacial score (nSPS) is 22.2. The first kappa shape index (κ1) is 16.3. The van der Waals surface area contributed by atoms with Gasteiger partial charge in [-0.2, -0.15) is 0 Å². The van der Waals surface area contributed by atoms with Gasteiger partial charge in [0.15, 0.2) is 5.78 Å². The third-order valence-electron chi connectivity index (χ3n) is 4.94. The molecule has 1 amide bonds. The highest BCUT2D eigenvalue weighted by atomic mass is 32.1. The van der Waals surface area contributed by atoms with Crippen molar-refractivity contribution in [2.75, 3.05) is 13.1 Å². The van der Waals surface area contributed by atoms with Crippen molar-refractivity contribution in [2.45, 2.75) is 38.7 Å². The number of para-hydroxylation sites is 1. The molecule has 3 heterocycles. The molecule has 4 rings (SSSR count). The number of aromatic nitrogens is 1. The van der Waals surface area contributed by atoms with E-state index in [1.807, 2.05) is 32.0 Å². The molecule has 2 aromatic rings. The second-order valence-electron chi connectivity index (χ2n) is 6.73. The molecule has 0 bridgehead atoms. The highest BCUT2D eigenvalue weighted by Crippen LogP contribution is 2.39. The van der Waals surface area contributed by atoms with Crippen LogP contribution in [-0.2, 0) is 6.42 Å². The molecule has 25 heavy (non-hydrogen) atoms. The predicted molar refractivity (Wildman–Crippen MR) is 95.5 cm³/mol. The number of benzene rings is 1. The maximum atomic E-state index is 12.9. The Balaban J connectivity index is 1.56. The van der Waals surface area contributed by atoms with Crippen molar-refractivity contribution in [3.63, 3.8) is 0 Å². The Morgan fingerprint density at radius 3 is 2.96 bits per heavy atom. The first-order chi connectivity index (χ1) is 12.0. The number of amides is 1. The van der Waals surface area contributed by atoms with E-state index in [9.17, 15) is 9.59 Å². The zero-order valence-corrected chi connectivity index (χ0v) is 15.2. The molecule has 5 nitrogen and oxygen atoms in total. The van der Waals surface area contributed by atoms with Crippen molar-refractivity contribution in [3.8, 4) is 5.75 Å². The molecule has 1 aromatic heterocycles. The number of ether oxygens (including phenoxy) is 1. The highest BCUT2D eigenvalue weighted by Gasteiger charge is 2.47. The molecule has 0 N–H and O–H groups in total. The van der Waals surface area contributed by atoms with Gasteiger partial charge >= 0.3 is 0 Å². The number of fused-ring (bicyclic) bond motifs is 1. The number of thiazole rings is 1. The van der Waals surface area contributed by atoms with Crippen molar-refractivity contribution >= 4 is 23.0 Å². The van der Waals surface area contributed by atoms with Crippen LogP contribution in [0.25, 0.3) is 0 Å². The van der Waals surface area contributed by atoms with Gasteiger partial charge in [0, 0.05) is 13.0 Å². The number of likely N-dealkylation sites (tertiary alicyclic amines) is 1. The van der Waals surface area contributed by atoms with Gasteiger partial charge < -0.3 is 9.64 Å². The smallest absolute Gasteiger partial charge is 0.265 e. The van der Waals surface area contributed by atoms with Crippen molar-refractivity contribution in [1.82, 2.24) is 9.88 Å². The molecule has 1 spiro atoms. The average Bonchev–Trinajstić information content (AvgIpc) is 3.18. The zero-order chi connectivity index (χ0) is 17.6. The van der Waals surface area contributed by atoms with Crippen LogP contribution in [0.3, 0.4) is 0 Å². The number of aryl methyl sites for hydroxylation is 2. The SMILES string of the molecule is CCc1nc(C)c(C(=O)N2CC[C@]3(CC(=O)c4ccccc4O3)C2)s1. The molecular weight excluding hydrogens is 336 g/mol. The average molecular weight is 356 g/mol. The summed E-state index contributed by atoms with van der Waals surface area (Å²) in [5, 5.41) is 0.979. The van der Waals surface area contributed by atoms with E-state index in [2.05, 4.69) is 4.98 Å². The number of hydrogen-bond donors (Lipinski definition) is 0. The molecule has 2 aliphatic heterocycles. The van der Waals surface area contributed by atoms with Crippen LogP contribution >= 0.6 is 11.3 Å². The van der Waals surface area contributed by atoms with Crippen LogP contribution in [0.4, 0.5) is 0 Å². The molecule has 130 valence electrons. The van der Waals surface area contributed by atoms with Gasteiger partial charge in [-0.3, -0.25) is 9.59 Å². The number of carbonyl (C=O) groups is 2. The molecule has 2 aliphatic rings. The number of carbonyl (C=O) groups excluding carboxylic acids is 2. The van der Waals surface area contributed by atoms with Crippen LogP contribution in [-0.4, -0.2) is 40.3 Å². The monoisotopic (exact) mass is 356 g/mol. The fourth-order valence-corrected chi connectivity index (χ4v) is 4.61. The Kier molecular flexibility index (Phi) is 3.87. The van der Waals surface area contributed by atoms with Gasteiger partial charge in [0.25, 0.3) is 5.91 Å². The standard InChI is InChI=1S/C19H20N2O3S/c1-3-16-20-12(2)17(25-16)18(23)21-9-8-19(11-21)10-14(22)13-6-4-5-7-15(13)24-19/h4-7H,3,8-11H2,1-2H3/t19-/m0/s1. The predicted octanol–water partition coefficient (Wildman–Crippen LogP) is 3.26. The number of hydrogen-bond acceptors (Lipinski definition) is 5. The Morgan fingerprint density at radius 1 is 1.40 bits per heavy atom. The lowest BCUT2D eigenvalue weighted by Gasteiger charge is -2.34. The summed E-state index contributed by atoms with van der Waals surface area (Å²) in [5.74, 6) is 0.732. The minimum Gasteiger partial charge on any atom is -0.484 e. The van der Waals surface area contributed by atoms with Crippen LogP contribution in [0.2, 0.25) is 0 Å². The summed E-state index contributed by atoms with van der Waals surface area (Å²) in [6.07, 6.45) is 1.84. The van der Waals surface area contributed by atoms with Gasteiger partial charge in [0.05, 0.1) is 29.2 Å². The van der Waals surface area contributed by atoms with Gasteiger partial charge in [-0.05, 0) is 25.5 Å². The maximum Gasteiger partial charge on any atom is 0.265 e. The van der Waals surface area contributed by atoms with Crippen LogP contribution in [0.1, 0.15) is 50.5 Å². The summed E-state index contributed by atoms with van der Waals surface area (Å²) >= 11 is 1.47. The number of nitrogens with zero attached hydrogens (tertiary/aromatic N) is 2. The van der Waals surface area contributed by atoms with Gasteiger partial charge in [-0.1, -0.05) is 19.1 Å². The highest BCUT2D eigenvalue weighted by molar-refractivity contribution is 7.13. The molecule has 6 heteroatoms. The van der Waals surface area contributed by atoms with Gasteiger partial charge in [-0.25, -0.2) is 4.98 Å². The third-order valence-corrected chi connectivity index (χ3v) is 6.23. The molecular formula is C19H20N2O3S. The Hall–Kier alpha value is -2.21. The summed E-state index contributed by atoms with van der Waals surface area (Å²) in [6.45, 7) is 4.97. The molecule has 1 saturated heterocycles. The first-order valence-electron chi connectivity index (χ1n) is 8.58. The third kappa shape index (κ3) is 2.74. The molecule has 1 aromatic carbocycles. The topological polar surface area (TPSA) is 59.5 Å². The first-order valence-corrected chi connectivity index (χ1v) is 9.40. The van der Waals surface area contributed by atoms with E-state index < -0.39 is 5.60 Å². The van der Waals surface area contributed by atoms with Crippen LogP contribution in [0.5, 0.6) is 5.75 Å². The van der Waals surface area contributed by atoms with E-state index in [-0.39, 0.29) is 11.7 Å². The number of rotatable bonds is 2. The second-order valence-corrected chi connectivity index (χ2v) is 7.82. The number of ketones is 1. The van der Waals surface area contributed by atoms with E-state index in [1.54, 1.807) is 11.0 Å². The van der Waals surface area contributed by atoms with E-state index in [0.29, 0.717) is 42.1 Å². The summed E-state index contributed by atoms with van der Waals surface area (Å²) < 4.78 is 6.20. The van der Waals surface area contributed by atoms with E-state index >= 15 is 0 Å². The minimum absolute atomic E-state index is 0.00137. The Labute approximate surface area is 150 Å². The summed E-state index contributed by atoms with van der Waals surface area (Å²) in [4.78, 5) is 32.4. The lowest BCUT2D eigenvalue weighted by molar-refractivity contribution is 0.0429. The minimum atomic E-state index is -0.590. The van der Waals surface area contributed by atoms with Crippen molar-refractivity contribution in [2.24, 2.45) is 0 Å². The lowest BCUT2D eigenvalue weighted by Crippen LogP contribution is -2.45. The lowest BCUT2D eigenvalue weighted by atomic mass is 9.89. The Bertz CT molecular complexity index is 860. The molecule has 0 unspecified atom stereocenters. The molecule has 0 aliphatic carbocycles. The summed E-state index contributed by atoms with van der Waals surface area (Å²) in [5.41, 5.74) is 0.843. The molecule has 0 saturated carbocycles. The molecule has 1 fully saturated rings. The zero-order valence-electron chi connectivity index (χ0n) is 14.4. The van der Waals surface area contributed by atoms with E-state index in [4.69, 9.17) is 4.74 Å². The van der Waals surface area contributed by atoms with Gasteiger partial charge in [0.2, 0.25) is 0 Å². The summed E-state index contributed by atoms with van der Waals surface area (Å²) in [7, 11) is 0. The van der Waals surface area contributed by atoms with Gasteiger partial charge in [-0.15, -0.1) is 11.3 Å². The van der Waals surface area contributed by atoms with Crippen LogP contribution in [0, 0.1) is 6.92 Å². The van der Waals surface area contributed by atoms with Crippen LogP contribution in [0.15, 0.2) is 24.3 Å². The maximum absolute atomic E-state index is 12.9. The van der Waals surface area contributed by atoms with Crippen molar-refractivity contribution < 1.29 is 14.3 Å². The summed E-state index contributed by atoms with van der Waals surface area (Å²) in [6, 6.07) is 7.35. The molecule has 1 atom stereocenters. The fourth-order valence-electron chi connectivity index (χ4n) is 3.63. The van der Waals surface area contributed by atoms with Crippen molar-refractivity contribution in [3.05, 3.63) is 45.4 Å². The Morgan fingerprint density at radius 2 is 2.20 bits per heavy atom. The fraction of sp³-hybridized carbons (Fsp3) is 0.421. The van der Waals surface area contributed by atoms with E-state index in [0.717, 1.165) is 17.1 Å². The number of Topliss-reactive ketones (excluding diaryl/α,β-unsaturated/α-hetero) is 1. The van der Waals surface area contributed by atoms with Gasteiger partial charge in [0.1, 0.15) is 16.2 Å². The second kappa shape index (κ2) is 5.95. The largest absolute Gasteiger partial charge is 0.484 e. The van der Waals surface area contributed by atoms with E-state index in [1.165, 1.54) is 11.3 Å². The quantitative estimate of drug-likeness (QED) is 0.829.